The minimum atomic E-state index is -0.531. The molecule has 0 amide bonds. The Balaban J connectivity index is 1.36. The van der Waals surface area contributed by atoms with E-state index in [1.54, 1.807) is 12.1 Å². The third-order valence-electron chi connectivity index (χ3n) is 7.37. The molecule has 0 aliphatic carbocycles. The topological polar surface area (TPSA) is 94.7 Å². The number of rotatable bonds is 9. The Morgan fingerprint density at radius 1 is 0.976 bits per heavy atom. The van der Waals surface area contributed by atoms with Crippen LogP contribution in [0.25, 0.3) is 10.9 Å². The minimum absolute atomic E-state index is 0.0311. The predicted molar refractivity (Wildman–Crippen MR) is 164 cm³/mol. The zero-order valence-corrected chi connectivity index (χ0v) is 24.1. The van der Waals surface area contributed by atoms with E-state index in [0.717, 1.165) is 37.4 Å². The summed E-state index contributed by atoms with van der Waals surface area (Å²) in [5.74, 6) is -0.531. The van der Waals surface area contributed by atoms with Crippen molar-refractivity contribution < 1.29 is 4.39 Å². The number of likely N-dealkylation sites (tertiary alicyclic amines) is 1. The number of anilines is 3. The van der Waals surface area contributed by atoms with Gasteiger partial charge in [-0.15, -0.1) is 5.10 Å². The molecule has 42 heavy (non-hydrogen) atoms. The number of nitriles is 1. The van der Waals surface area contributed by atoms with Gasteiger partial charge in [-0.1, -0.05) is 58.7 Å². The van der Waals surface area contributed by atoms with E-state index in [1.165, 1.54) is 31.2 Å². The molecular weight excluding hydrogens is 574 g/mol. The van der Waals surface area contributed by atoms with Crippen LogP contribution in [0.3, 0.4) is 0 Å². The highest BCUT2D eigenvalue weighted by molar-refractivity contribution is 6.36. The Kier molecular flexibility index (Phi) is 8.20. The van der Waals surface area contributed by atoms with Crippen LogP contribution in [0, 0.1) is 17.1 Å². The lowest BCUT2D eigenvalue weighted by molar-refractivity contribution is 0.314. The van der Waals surface area contributed by atoms with Crippen molar-refractivity contribution in [3.05, 3.63) is 106 Å². The number of pyridine rings is 1. The van der Waals surface area contributed by atoms with Gasteiger partial charge in [-0.25, -0.2) is 4.39 Å². The molecule has 5 aromatic rings. The summed E-state index contributed by atoms with van der Waals surface area (Å²) in [6.45, 7) is 3.97. The summed E-state index contributed by atoms with van der Waals surface area (Å²) in [7, 11) is 0. The van der Waals surface area contributed by atoms with Gasteiger partial charge in [0.05, 0.1) is 45.6 Å². The summed E-state index contributed by atoms with van der Waals surface area (Å²) in [6, 6.07) is 19.8. The number of halogens is 3. The Labute approximate surface area is 252 Å². The van der Waals surface area contributed by atoms with Gasteiger partial charge in [0.2, 0.25) is 0 Å². The Morgan fingerprint density at radius 3 is 2.52 bits per heavy atom. The average molecular weight is 602 g/mol. The minimum Gasteiger partial charge on any atom is -0.373 e. The van der Waals surface area contributed by atoms with Gasteiger partial charge in [-0.05, 0) is 61.8 Å². The van der Waals surface area contributed by atoms with Crippen molar-refractivity contribution >= 4 is 51.2 Å². The number of benzene rings is 3. The van der Waals surface area contributed by atoms with Crippen LogP contribution >= 0.6 is 23.2 Å². The van der Waals surface area contributed by atoms with Gasteiger partial charge in [-0.3, -0.25) is 9.67 Å². The molecule has 212 valence electrons. The first-order valence-electron chi connectivity index (χ1n) is 13.7. The Bertz CT molecular complexity index is 1760. The summed E-state index contributed by atoms with van der Waals surface area (Å²) in [4.78, 5) is 6.89. The summed E-state index contributed by atoms with van der Waals surface area (Å²) >= 11 is 12.8. The monoisotopic (exact) mass is 600 g/mol. The third-order valence-corrected chi connectivity index (χ3v) is 7.95. The molecule has 0 unspecified atom stereocenters. The molecular formula is C31H27Cl2FN8. The molecule has 0 bridgehead atoms. The van der Waals surface area contributed by atoms with Crippen LogP contribution in [0.1, 0.15) is 35.7 Å². The zero-order chi connectivity index (χ0) is 29.1. The highest BCUT2D eigenvalue weighted by atomic mass is 35.5. The second kappa shape index (κ2) is 12.3. The molecule has 2 aromatic heterocycles. The molecule has 1 aliphatic rings. The molecule has 0 spiro atoms. The lowest BCUT2D eigenvalue weighted by Gasteiger charge is -2.20. The first-order valence-corrected chi connectivity index (χ1v) is 14.4. The van der Waals surface area contributed by atoms with E-state index in [2.05, 4.69) is 36.9 Å². The highest BCUT2D eigenvalue weighted by Gasteiger charge is 2.21. The van der Waals surface area contributed by atoms with Crippen LogP contribution in [0.5, 0.6) is 0 Å². The van der Waals surface area contributed by atoms with Gasteiger partial charge in [-0.2, -0.15) is 5.26 Å². The average Bonchev–Trinajstić information content (AvgIpc) is 3.70. The quantitative estimate of drug-likeness (QED) is 0.185. The zero-order valence-electron chi connectivity index (χ0n) is 22.6. The maximum atomic E-state index is 13.8. The molecule has 0 radical (unpaired) electrons. The summed E-state index contributed by atoms with van der Waals surface area (Å²) in [5.41, 5.74) is 4.29. The van der Waals surface area contributed by atoms with Crippen LogP contribution in [0.15, 0.2) is 73.1 Å². The van der Waals surface area contributed by atoms with E-state index in [4.69, 9.17) is 23.2 Å². The van der Waals surface area contributed by atoms with Crippen molar-refractivity contribution in [1.29, 1.82) is 5.26 Å². The first-order chi connectivity index (χ1) is 20.5. The van der Waals surface area contributed by atoms with Crippen molar-refractivity contribution in [2.24, 2.45) is 0 Å². The summed E-state index contributed by atoms with van der Waals surface area (Å²) < 4.78 is 15.7. The fraction of sp³-hybridized carbons (Fsp3) is 0.226. The Hall–Kier alpha value is -4.23. The van der Waals surface area contributed by atoms with Crippen LogP contribution in [0.4, 0.5) is 21.5 Å². The molecule has 1 atom stereocenters. The predicted octanol–water partition coefficient (Wildman–Crippen LogP) is 7.18. The maximum Gasteiger partial charge on any atom is 0.141 e. The molecule has 3 aromatic carbocycles. The van der Waals surface area contributed by atoms with E-state index in [0.29, 0.717) is 38.6 Å². The van der Waals surface area contributed by atoms with E-state index in [-0.39, 0.29) is 11.1 Å². The van der Waals surface area contributed by atoms with Crippen molar-refractivity contribution in [2.45, 2.75) is 25.4 Å². The molecule has 1 fully saturated rings. The third kappa shape index (κ3) is 6.02. The van der Waals surface area contributed by atoms with Crippen molar-refractivity contribution in [3.63, 3.8) is 0 Å². The largest absolute Gasteiger partial charge is 0.373 e. The second-order valence-corrected chi connectivity index (χ2v) is 11.0. The molecule has 6 rings (SSSR count). The lowest BCUT2D eigenvalue weighted by Crippen LogP contribution is -2.24. The molecule has 0 saturated carbocycles. The molecule has 3 heterocycles. The normalized spacial score (nSPS) is 14.1. The van der Waals surface area contributed by atoms with E-state index < -0.39 is 5.82 Å². The van der Waals surface area contributed by atoms with Gasteiger partial charge in [0.15, 0.2) is 0 Å². The van der Waals surface area contributed by atoms with Crippen molar-refractivity contribution in [3.8, 4) is 6.07 Å². The number of aromatic nitrogens is 4. The Morgan fingerprint density at radius 2 is 1.76 bits per heavy atom. The van der Waals surface area contributed by atoms with Gasteiger partial charge < -0.3 is 15.5 Å². The summed E-state index contributed by atoms with van der Waals surface area (Å²) in [6.07, 6.45) is 5.93. The van der Waals surface area contributed by atoms with Crippen LogP contribution in [-0.2, 0) is 6.54 Å². The van der Waals surface area contributed by atoms with Gasteiger partial charge >= 0.3 is 0 Å². The first kappa shape index (κ1) is 27.9. The molecule has 8 nitrogen and oxygen atoms in total. The van der Waals surface area contributed by atoms with Gasteiger partial charge in [0.25, 0.3) is 0 Å². The molecule has 1 aliphatic heterocycles. The number of nitrogens with one attached hydrogen (secondary N) is 2. The number of nitrogens with zero attached hydrogens (tertiary/aromatic N) is 6. The van der Waals surface area contributed by atoms with Crippen molar-refractivity contribution in [2.75, 3.05) is 30.3 Å². The smallest absolute Gasteiger partial charge is 0.141 e. The number of hydrogen-bond acceptors (Lipinski definition) is 7. The van der Waals surface area contributed by atoms with E-state index in [1.807, 2.05) is 47.3 Å². The molecule has 1 saturated heterocycles. The standard InChI is InChI=1S/C31H27Cl2FN8/c32-25-15-22(8-9-27(25)34)37-29-21(17-35)18-36-31-24(29)14-23(16-26(31)33)38-30(20-6-2-1-3-7-20)28-19-42(40-39-28)13-12-41-10-4-5-11-41/h1-3,6-9,14-16,18-19,30,38H,4-5,10-13H2,(H,36,37)/t30-/m0/s1. The fourth-order valence-corrected chi connectivity index (χ4v) is 5.67. The molecule has 11 heteroatoms. The highest BCUT2D eigenvalue weighted by Crippen LogP contribution is 2.37. The van der Waals surface area contributed by atoms with Gasteiger partial charge in [0, 0.05) is 29.5 Å². The van der Waals surface area contributed by atoms with Crippen LogP contribution in [0.2, 0.25) is 10.0 Å². The van der Waals surface area contributed by atoms with Crippen LogP contribution < -0.4 is 10.6 Å². The summed E-state index contributed by atoms with van der Waals surface area (Å²) in [5, 5.41) is 26.6. The molecule has 2 N–H and O–H groups in total. The maximum absolute atomic E-state index is 13.8. The van der Waals surface area contributed by atoms with E-state index >= 15 is 0 Å². The second-order valence-electron chi connectivity index (χ2n) is 10.2. The van der Waals surface area contributed by atoms with Crippen LogP contribution in [-0.4, -0.2) is 44.5 Å². The number of hydrogen-bond donors (Lipinski definition) is 2. The lowest BCUT2D eigenvalue weighted by atomic mass is 10.0. The van der Waals surface area contributed by atoms with Gasteiger partial charge in [0.1, 0.15) is 17.6 Å². The van der Waals surface area contributed by atoms with Crippen molar-refractivity contribution in [1.82, 2.24) is 24.9 Å². The number of fused-ring (bicyclic) bond motifs is 1. The fourth-order valence-electron chi connectivity index (χ4n) is 5.23. The van der Waals surface area contributed by atoms with E-state index in [9.17, 15) is 9.65 Å². The SMILES string of the molecule is N#Cc1cnc2c(Cl)cc(N[C@@H](c3ccccc3)c3cn(CCN4CCCC4)nn3)cc2c1Nc1ccc(F)c(Cl)c1.